The zero-order valence-electron chi connectivity index (χ0n) is 6.09. The second-order valence-corrected chi connectivity index (χ2v) is 4.54. The second-order valence-electron chi connectivity index (χ2n) is 2.64. The van der Waals surface area contributed by atoms with Gasteiger partial charge in [0.25, 0.3) is 0 Å². The number of alkyl halides is 1. The summed E-state index contributed by atoms with van der Waals surface area (Å²) >= 11 is 7.94. The van der Waals surface area contributed by atoms with Gasteiger partial charge < -0.3 is 0 Å². The van der Waals surface area contributed by atoms with Gasteiger partial charge in [-0.05, 0) is 23.3 Å². The zero-order valence-corrected chi connectivity index (χ0v) is 7.66. The van der Waals surface area contributed by atoms with Gasteiger partial charge in [0.05, 0.1) is 0 Å². The first-order chi connectivity index (χ1) is 5.38. The predicted molar refractivity (Wildman–Crippen MR) is 51.2 cm³/mol. The average molecular weight is 185 g/mol. The van der Waals surface area contributed by atoms with E-state index in [2.05, 4.69) is 24.3 Å². The molecule has 2 heteroatoms. The smallest absolute Gasteiger partial charge is 0.104 e. The van der Waals surface area contributed by atoms with Gasteiger partial charge in [0.15, 0.2) is 0 Å². The molecule has 0 aliphatic carbocycles. The molecule has 0 aromatic heterocycles. The Hall–Kier alpha value is -0.140. The highest BCUT2D eigenvalue weighted by Gasteiger charge is 2.16. The van der Waals surface area contributed by atoms with Gasteiger partial charge in [-0.25, -0.2) is 0 Å². The van der Waals surface area contributed by atoms with E-state index in [4.69, 9.17) is 11.6 Å². The van der Waals surface area contributed by atoms with Crippen LogP contribution in [0.5, 0.6) is 0 Å². The lowest BCUT2D eigenvalue weighted by Gasteiger charge is -2.19. The highest BCUT2D eigenvalue weighted by molar-refractivity contribution is 8.00. The van der Waals surface area contributed by atoms with E-state index >= 15 is 0 Å². The largest absolute Gasteiger partial charge is 0.137 e. The Kier molecular flexibility index (Phi) is 2.10. The lowest BCUT2D eigenvalue weighted by molar-refractivity contribution is 1.07. The van der Waals surface area contributed by atoms with E-state index in [9.17, 15) is 0 Å². The molecule has 0 radical (unpaired) electrons. The minimum absolute atomic E-state index is 0.181. The molecular weight excluding hydrogens is 176 g/mol. The number of benzene rings is 1. The molecule has 1 atom stereocenters. The maximum atomic E-state index is 6.11. The Morgan fingerprint density at radius 3 is 3.00 bits per heavy atom. The van der Waals surface area contributed by atoms with Crippen molar-refractivity contribution in [1.29, 1.82) is 0 Å². The van der Waals surface area contributed by atoms with Crippen LogP contribution in [0.1, 0.15) is 15.8 Å². The molecule has 0 saturated heterocycles. The Morgan fingerprint density at radius 1 is 1.36 bits per heavy atom. The van der Waals surface area contributed by atoms with Crippen molar-refractivity contribution in [3.8, 4) is 0 Å². The summed E-state index contributed by atoms with van der Waals surface area (Å²) < 4.78 is 0.181. The number of aryl methyl sites for hydroxylation is 1. The lowest BCUT2D eigenvalue weighted by atomic mass is 10.1. The molecule has 1 aromatic carbocycles. The van der Waals surface area contributed by atoms with Crippen LogP contribution in [0.2, 0.25) is 0 Å². The Bertz CT molecular complexity index is 259. The molecule has 58 valence electrons. The van der Waals surface area contributed by atoms with Crippen molar-refractivity contribution < 1.29 is 0 Å². The third-order valence-electron chi connectivity index (χ3n) is 1.94. The van der Waals surface area contributed by atoms with Gasteiger partial charge in [-0.1, -0.05) is 24.3 Å². The molecule has 0 amide bonds. The SMILES string of the molecule is ClC1SCCc2ccccc21. The molecular formula is C9H9ClS. The highest BCUT2D eigenvalue weighted by atomic mass is 35.5. The summed E-state index contributed by atoms with van der Waals surface area (Å²) in [4.78, 5) is 0. The first-order valence-electron chi connectivity index (χ1n) is 3.71. The van der Waals surface area contributed by atoms with Crippen LogP contribution in [0, 0.1) is 0 Å². The Balaban J connectivity index is 2.44. The molecule has 11 heavy (non-hydrogen) atoms. The molecule has 2 rings (SSSR count). The number of hydrogen-bond acceptors (Lipinski definition) is 1. The Labute approximate surface area is 75.9 Å². The van der Waals surface area contributed by atoms with Crippen LogP contribution in [0.15, 0.2) is 24.3 Å². The highest BCUT2D eigenvalue weighted by Crippen LogP contribution is 2.39. The minimum Gasteiger partial charge on any atom is -0.137 e. The molecule has 0 saturated carbocycles. The molecule has 1 unspecified atom stereocenters. The van der Waals surface area contributed by atoms with Crippen molar-refractivity contribution in [2.45, 2.75) is 11.1 Å². The van der Waals surface area contributed by atoms with Crippen molar-refractivity contribution >= 4 is 23.4 Å². The summed E-state index contributed by atoms with van der Waals surface area (Å²) in [7, 11) is 0. The summed E-state index contributed by atoms with van der Waals surface area (Å²) in [6.07, 6.45) is 1.17. The minimum atomic E-state index is 0.181. The van der Waals surface area contributed by atoms with Gasteiger partial charge in [-0.2, -0.15) is 0 Å². The van der Waals surface area contributed by atoms with Gasteiger partial charge >= 0.3 is 0 Å². The molecule has 1 aromatic rings. The molecule has 0 N–H and O–H groups in total. The summed E-state index contributed by atoms with van der Waals surface area (Å²) in [5.41, 5.74) is 2.73. The summed E-state index contributed by atoms with van der Waals surface area (Å²) in [6, 6.07) is 8.43. The van der Waals surface area contributed by atoms with Gasteiger partial charge in [0.1, 0.15) is 4.71 Å². The fourth-order valence-electron chi connectivity index (χ4n) is 1.35. The maximum Gasteiger partial charge on any atom is 0.104 e. The van der Waals surface area contributed by atoms with Gasteiger partial charge in [-0.15, -0.1) is 23.4 Å². The average Bonchev–Trinajstić information content (AvgIpc) is 2.06. The normalized spacial score (nSPS) is 22.8. The van der Waals surface area contributed by atoms with E-state index in [1.165, 1.54) is 17.5 Å². The van der Waals surface area contributed by atoms with Crippen LogP contribution in [-0.2, 0) is 6.42 Å². The number of thioether (sulfide) groups is 1. The number of rotatable bonds is 0. The summed E-state index contributed by atoms with van der Waals surface area (Å²) in [5, 5.41) is 0. The van der Waals surface area contributed by atoms with Crippen molar-refractivity contribution in [1.82, 2.24) is 0 Å². The van der Waals surface area contributed by atoms with Crippen LogP contribution in [-0.4, -0.2) is 5.75 Å². The molecule has 0 bridgehead atoms. The predicted octanol–water partition coefficient (Wildman–Crippen LogP) is 3.21. The first-order valence-corrected chi connectivity index (χ1v) is 5.20. The first kappa shape index (κ1) is 7.51. The lowest BCUT2D eigenvalue weighted by Crippen LogP contribution is -2.03. The second kappa shape index (κ2) is 3.08. The fraction of sp³-hybridized carbons (Fsp3) is 0.333. The van der Waals surface area contributed by atoms with Crippen LogP contribution in [0.25, 0.3) is 0 Å². The van der Waals surface area contributed by atoms with E-state index in [1.54, 1.807) is 0 Å². The third kappa shape index (κ3) is 1.40. The molecule has 1 heterocycles. The van der Waals surface area contributed by atoms with E-state index in [0.29, 0.717) is 0 Å². The van der Waals surface area contributed by atoms with Crippen molar-refractivity contribution in [3.63, 3.8) is 0 Å². The third-order valence-corrected chi connectivity index (χ3v) is 3.53. The van der Waals surface area contributed by atoms with Crippen molar-refractivity contribution in [3.05, 3.63) is 35.4 Å². The zero-order chi connectivity index (χ0) is 7.68. The van der Waals surface area contributed by atoms with Crippen LogP contribution in [0.3, 0.4) is 0 Å². The van der Waals surface area contributed by atoms with Crippen LogP contribution >= 0.6 is 23.4 Å². The molecule has 1 aliphatic heterocycles. The molecule has 0 spiro atoms. The summed E-state index contributed by atoms with van der Waals surface area (Å²) in [6.45, 7) is 0. The van der Waals surface area contributed by atoms with E-state index in [-0.39, 0.29) is 4.71 Å². The van der Waals surface area contributed by atoms with Crippen LogP contribution in [0.4, 0.5) is 0 Å². The monoisotopic (exact) mass is 184 g/mol. The quantitative estimate of drug-likeness (QED) is 0.558. The van der Waals surface area contributed by atoms with Crippen LogP contribution < -0.4 is 0 Å². The fourth-order valence-corrected chi connectivity index (χ4v) is 2.78. The molecule has 0 fully saturated rings. The van der Waals surface area contributed by atoms with Gasteiger partial charge in [-0.3, -0.25) is 0 Å². The van der Waals surface area contributed by atoms with Gasteiger partial charge in [0.2, 0.25) is 0 Å². The summed E-state index contributed by atoms with van der Waals surface area (Å²) in [5.74, 6) is 1.16. The standard InChI is InChI=1S/C9H9ClS/c10-9-8-4-2-1-3-7(8)5-6-11-9/h1-4,9H,5-6H2. The van der Waals surface area contributed by atoms with E-state index in [0.717, 1.165) is 5.75 Å². The number of fused-ring (bicyclic) bond motifs is 1. The topological polar surface area (TPSA) is 0 Å². The van der Waals surface area contributed by atoms with Gasteiger partial charge in [0, 0.05) is 0 Å². The number of hydrogen-bond donors (Lipinski definition) is 0. The van der Waals surface area contributed by atoms with E-state index < -0.39 is 0 Å². The number of halogens is 1. The Morgan fingerprint density at radius 2 is 2.18 bits per heavy atom. The van der Waals surface area contributed by atoms with Crippen molar-refractivity contribution in [2.24, 2.45) is 0 Å². The molecule has 0 nitrogen and oxygen atoms in total. The van der Waals surface area contributed by atoms with Crippen molar-refractivity contribution in [2.75, 3.05) is 5.75 Å². The molecule has 1 aliphatic rings. The van der Waals surface area contributed by atoms with E-state index in [1.807, 2.05) is 11.8 Å². The maximum absolute atomic E-state index is 6.11.